The van der Waals surface area contributed by atoms with Gasteiger partial charge in [0, 0.05) is 55.4 Å². The van der Waals surface area contributed by atoms with Crippen LogP contribution in [0.15, 0.2) is 121 Å². The summed E-state index contributed by atoms with van der Waals surface area (Å²) in [6.07, 6.45) is 1.71. The molecule has 7 atom stereocenters. The van der Waals surface area contributed by atoms with E-state index < -0.39 is 131 Å². The molecule has 23 nitrogen and oxygen atoms in total. The Morgan fingerprint density at radius 2 is 1.19 bits per heavy atom. The first-order valence-electron chi connectivity index (χ1n) is 31.0. The molecule has 4 aromatic carbocycles. The number of benzene rings is 4. The summed E-state index contributed by atoms with van der Waals surface area (Å²) < 4.78 is 42.9. The number of likely N-dealkylation sites (N-methyl/N-ethyl adjacent to an activating group) is 1. The molecule has 0 spiro atoms. The monoisotopic (exact) mass is 1290 g/mol. The maximum absolute atomic E-state index is 15.4. The highest BCUT2D eigenvalue weighted by atomic mass is 19.1. The summed E-state index contributed by atoms with van der Waals surface area (Å²) in [5, 5.41) is 27.8. The zero-order valence-electron chi connectivity index (χ0n) is 53.8. The minimum atomic E-state index is -1.71. The van der Waals surface area contributed by atoms with Gasteiger partial charge in [-0.15, -0.1) is 0 Å². The second-order valence-corrected chi connectivity index (χ2v) is 24.0. The molecule has 5 aromatic rings. The second kappa shape index (κ2) is 37.2. The molecule has 0 fully saturated rings. The standard InChI is InChI=1S/C68H88F2N10O13/c1-43(75-64(88)45(3)79(7)35-19-11-18-26-59(83)84)62(86)74-44(2)63(87)78-55(38-57(71)81)66(90)77-53(31-33-72-61(68(4,5)6)56-36-49(51-37-50(69)27-28-52(51)70)40-80(56)39-46-20-12-8-13-21-46)65(89)73-34-32-58(82)76-54(67(91)93-42-48-24-16-10-17-25-48)29-30-60(85)92-41-47-22-14-9-15-23-47/h8-10,12-17,20-25,27-28,36-37,40,43-45,53-55,61,72H,11,18-19,26,29-35,38-39,41-42H2,1-7H3,(H2,71,81)(H,73,89)(H,74,86)(H,75,88)(H,76,82)(H,77,90)(H,78,87)(H,83,84)/t43-,44-,45-,53-,54-,55-,61-/m0/s1. The average Bonchev–Trinajstić information content (AvgIpc) is 1.66. The third kappa shape index (κ3) is 25.7. The molecule has 0 aliphatic rings. The number of carboxylic acid groups (broad SMARTS) is 1. The Morgan fingerprint density at radius 3 is 1.80 bits per heavy atom. The average molecular weight is 1290 g/mol. The van der Waals surface area contributed by atoms with Crippen molar-refractivity contribution < 1.29 is 71.3 Å². The minimum Gasteiger partial charge on any atom is -0.481 e. The van der Waals surface area contributed by atoms with E-state index in [0.717, 1.165) is 29.3 Å². The van der Waals surface area contributed by atoms with Crippen LogP contribution in [0.3, 0.4) is 0 Å². The number of carbonyl (C=O) groups is 10. The molecule has 0 radical (unpaired) electrons. The molecular weight excluding hydrogens is 1200 g/mol. The van der Waals surface area contributed by atoms with E-state index in [-0.39, 0.29) is 57.6 Å². The highest BCUT2D eigenvalue weighted by molar-refractivity contribution is 5.97. The van der Waals surface area contributed by atoms with Crippen LogP contribution in [-0.2, 0) is 77.2 Å². The van der Waals surface area contributed by atoms with Gasteiger partial charge in [0.25, 0.3) is 0 Å². The van der Waals surface area contributed by atoms with Gasteiger partial charge in [0.2, 0.25) is 41.4 Å². The first kappa shape index (κ1) is 74.4. The Labute approximate surface area is 541 Å². The Kier molecular flexibility index (Phi) is 29.8. The fraction of sp³-hybridized carbons (Fsp3) is 0.441. The van der Waals surface area contributed by atoms with E-state index in [1.54, 1.807) is 85.7 Å². The lowest BCUT2D eigenvalue weighted by Crippen LogP contribution is -2.58. The second-order valence-electron chi connectivity index (χ2n) is 24.0. The van der Waals surface area contributed by atoms with Gasteiger partial charge in [0.1, 0.15) is 55.1 Å². The smallest absolute Gasteiger partial charge is 0.328 e. The van der Waals surface area contributed by atoms with Crippen molar-refractivity contribution in [1.82, 2.24) is 46.7 Å². The van der Waals surface area contributed by atoms with Crippen molar-refractivity contribution in [3.05, 3.63) is 155 Å². The van der Waals surface area contributed by atoms with Crippen molar-refractivity contribution in [3.63, 3.8) is 0 Å². The Bertz CT molecular complexity index is 3310. The fourth-order valence-electron chi connectivity index (χ4n) is 9.88. The number of amides is 7. The Morgan fingerprint density at radius 1 is 0.613 bits per heavy atom. The van der Waals surface area contributed by atoms with Crippen molar-refractivity contribution in [1.29, 1.82) is 0 Å². The van der Waals surface area contributed by atoms with Gasteiger partial charge in [0.05, 0.1) is 18.5 Å². The summed E-state index contributed by atoms with van der Waals surface area (Å²) in [5.41, 5.74) is 8.39. The molecule has 0 saturated carbocycles. The van der Waals surface area contributed by atoms with Gasteiger partial charge >= 0.3 is 17.9 Å². The highest BCUT2D eigenvalue weighted by Crippen LogP contribution is 2.37. The molecule has 25 heteroatoms. The number of rotatable bonds is 38. The highest BCUT2D eigenvalue weighted by Gasteiger charge is 2.34. The number of nitrogens with two attached hydrogens (primary N) is 1. The number of aliphatic carboxylic acids is 1. The number of nitrogens with zero attached hydrogens (tertiary/aromatic N) is 2. The summed E-state index contributed by atoms with van der Waals surface area (Å²) in [4.78, 5) is 134. The van der Waals surface area contributed by atoms with Crippen LogP contribution in [-0.4, -0.2) is 137 Å². The molecule has 0 bridgehead atoms. The molecule has 0 unspecified atom stereocenters. The summed E-state index contributed by atoms with van der Waals surface area (Å²) in [6, 6.07) is 23.9. The van der Waals surface area contributed by atoms with Crippen LogP contribution in [0.25, 0.3) is 11.1 Å². The maximum Gasteiger partial charge on any atom is 0.328 e. The lowest BCUT2D eigenvalue weighted by Gasteiger charge is -2.33. The van der Waals surface area contributed by atoms with Crippen molar-refractivity contribution in [2.24, 2.45) is 11.1 Å². The van der Waals surface area contributed by atoms with Crippen LogP contribution in [0.1, 0.15) is 128 Å². The minimum absolute atomic E-state index is 0.0160. The molecule has 93 heavy (non-hydrogen) atoms. The first-order valence-corrected chi connectivity index (χ1v) is 31.0. The molecule has 5 rings (SSSR count). The number of unbranched alkanes of at least 4 members (excludes halogenated alkanes) is 2. The molecule has 7 amide bonds. The molecule has 10 N–H and O–H groups in total. The molecule has 0 aliphatic heterocycles. The Balaban J connectivity index is 1.33. The van der Waals surface area contributed by atoms with Gasteiger partial charge in [0.15, 0.2) is 0 Å². The van der Waals surface area contributed by atoms with Crippen molar-refractivity contribution in [3.8, 4) is 11.1 Å². The third-order valence-electron chi connectivity index (χ3n) is 15.3. The third-order valence-corrected chi connectivity index (χ3v) is 15.3. The van der Waals surface area contributed by atoms with Crippen LogP contribution >= 0.6 is 0 Å². The number of primary amides is 1. The summed E-state index contributed by atoms with van der Waals surface area (Å²) in [7, 11) is 1.71. The van der Waals surface area contributed by atoms with Crippen LogP contribution < -0.4 is 43.0 Å². The van der Waals surface area contributed by atoms with Crippen LogP contribution in [0.2, 0.25) is 0 Å². The van der Waals surface area contributed by atoms with Crippen molar-refractivity contribution >= 4 is 59.3 Å². The number of halogens is 2. The van der Waals surface area contributed by atoms with E-state index in [4.69, 9.17) is 20.3 Å². The predicted octanol–water partition coefficient (Wildman–Crippen LogP) is 5.63. The van der Waals surface area contributed by atoms with Gasteiger partial charge in [-0.1, -0.05) is 118 Å². The van der Waals surface area contributed by atoms with Gasteiger partial charge < -0.3 is 62.1 Å². The van der Waals surface area contributed by atoms with Gasteiger partial charge in [-0.2, -0.15) is 0 Å². The van der Waals surface area contributed by atoms with Gasteiger partial charge in [-0.05, 0) is 113 Å². The largest absolute Gasteiger partial charge is 0.481 e. The quantitative estimate of drug-likeness (QED) is 0.0171. The van der Waals surface area contributed by atoms with E-state index in [2.05, 4.69) is 37.2 Å². The number of carboxylic acids is 1. The number of hydrogen-bond acceptors (Lipinski definition) is 14. The van der Waals surface area contributed by atoms with E-state index in [1.807, 2.05) is 61.7 Å². The lowest BCUT2D eigenvalue weighted by atomic mass is 9.84. The zero-order valence-corrected chi connectivity index (χ0v) is 53.8. The molecule has 502 valence electrons. The van der Waals surface area contributed by atoms with E-state index in [9.17, 15) is 52.3 Å². The van der Waals surface area contributed by atoms with E-state index in [0.29, 0.717) is 49.2 Å². The van der Waals surface area contributed by atoms with Crippen molar-refractivity contribution in [2.45, 2.75) is 161 Å². The van der Waals surface area contributed by atoms with Gasteiger partial charge in [-0.25, -0.2) is 13.6 Å². The number of ether oxygens (including phenoxy) is 2. The SMILES string of the molecule is C[C@H](NC(=O)[C@H](C)NC(=O)[C@H](C)N(C)CCCCCC(=O)O)C(=O)N[C@@H](CC(N)=O)C(=O)N[C@@H](CCN[C@@H](c1cc(-c2cc(F)ccc2F)cn1Cc1ccccc1)C(C)(C)C)C(=O)NCCC(=O)N[C@@H](CCC(=O)OCc1ccccc1)C(=O)OCc1ccccc1. The predicted molar refractivity (Wildman–Crippen MR) is 342 cm³/mol. The summed E-state index contributed by atoms with van der Waals surface area (Å²) >= 11 is 0. The zero-order chi connectivity index (χ0) is 68.2. The van der Waals surface area contributed by atoms with Crippen LogP contribution in [0, 0.1) is 17.0 Å². The first-order chi connectivity index (χ1) is 44.2. The number of hydrogen-bond donors (Lipinski definition) is 9. The van der Waals surface area contributed by atoms with E-state index >= 15 is 4.39 Å². The molecular formula is C68H88F2N10O13. The van der Waals surface area contributed by atoms with Crippen LogP contribution in [0.4, 0.5) is 8.78 Å². The molecule has 0 aliphatic carbocycles. The fourth-order valence-corrected chi connectivity index (χ4v) is 9.88. The maximum atomic E-state index is 15.4. The van der Waals surface area contributed by atoms with Crippen molar-refractivity contribution in [2.75, 3.05) is 26.7 Å². The normalized spacial score (nSPS) is 13.6. The number of nitrogens with one attached hydrogen (secondary N) is 7. The number of esters is 2. The van der Waals surface area contributed by atoms with Gasteiger partial charge in [-0.3, -0.25) is 48.1 Å². The number of carbonyl (C=O) groups excluding carboxylic acids is 9. The van der Waals surface area contributed by atoms with E-state index in [1.165, 1.54) is 13.8 Å². The lowest BCUT2D eigenvalue weighted by molar-refractivity contribution is -0.150. The molecule has 0 saturated heterocycles. The van der Waals surface area contributed by atoms with Crippen LogP contribution in [0.5, 0.6) is 0 Å². The number of aromatic nitrogens is 1. The summed E-state index contributed by atoms with van der Waals surface area (Å²) in [5.74, 6) is -9.44. The summed E-state index contributed by atoms with van der Waals surface area (Å²) in [6.45, 7) is 10.5. The molecule has 1 aromatic heterocycles. The molecule has 1 heterocycles. The Hall–Kier alpha value is -9.36. The topological polar surface area (TPSA) is 328 Å².